The Hall–Kier alpha value is -3.78. The molecule has 2 N–H and O–H groups in total. The predicted molar refractivity (Wildman–Crippen MR) is 150 cm³/mol. The Morgan fingerprint density at radius 1 is 1.11 bits per heavy atom. The molecular formula is C29H32N4O3S. The highest BCUT2D eigenvalue weighted by molar-refractivity contribution is 7.12. The molecule has 8 heteroatoms. The summed E-state index contributed by atoms with van der Waals surface area (Å²) in [7, 11) is 0. The Kier molecular flexibility index (Phi) is 8.18. The molecule has 0 spiro atoms. The Morgan fingerprint density at radius 2 is 1.89 bits per heavy atom. The number of anilines is 2. The van der Waals surface area contributed by atoms with E-state index < -0.39 is 12.2 Å². The van der Waals surface area contributed by atoms with Crippen LogP contribution in [0.2, 0.25) is 0 Å². The van der Waals surface area contributed by atoms with Crippen molar-refractivity contribution in [2.45, 2.75) is 53.2 Å². The van der Waals surface area contributed by atoms with Crippen LogP contribution in [0.4, 0.5) is 16.2 Å². The number of benzodiazepines with no additional fused rings is 1. The first-order valence-electron chi connectivity index (χ1n) is 12.4. The normalized spacial score (nSPS) is 15.2. The molecule has 0 fully saturated rings. The maximum atomic E-state index is 13.9. The summed E-state index contributed by atoms with van der Waals surface area (Å²) in [5.74, 6) is 0.0543. The van der Waals surface area contributed by atoms with Crippen molar-refractivity contribution in [1.29, 1.82) is 0 Å². The minimum atomic E-state index is -1.11. The number of fused-ring (bicyclic) bond motifs is 1. The Morgan fingerprint density at radius 3 is 2.62 bits per heavy atom. The number of benzene rings is 2. The van der Waals surface area contributed by atoms with Gasteiger partial charge in [0.2, 0.25) is 6.17 Å². The second-order valence-electron chi connectivity index (χ2n) is 9.65. The summed E-state index contributed by atoms with van der Waals surface area (Å²) in [6.45, 7) is 7.97. The lowest BCUT2D eigenvalue weighted by Gasteiger charge is -2.25. The quantitative estimate of drug-likeness (QED) is 0.350. The standard InChI is InChI=1S/C29H32N4O3S/c1-18(2)12-13-24-23-10-5-6-11-25(23)33(17-21-14-15-37-26(21)20(4)34)28(35)27(31-24)32-29(36)30-22-9-7-8-19(3)16-22/h5-11,14-16,18,27H,12-13,17H2,1-4H3,(H2,30,32,36). The van der Waals surface area contributed by atoms with Crippen molar-refractivity contribution in [1.82, 2.24) is 5.32 Å². The smallest absolute Gasteiger partial charge is 0.308 e. The lowest BCUT2D eigenvalue weighted by molar-refractivity contribution is -0.120. The SMILES string of the molecule is CC(=O)c1sccc1CN1C(=O)C(NC(=O)Nc2cccc(C)c2)N=C(CCC(C)C)c2ccccc21. The summed E-state index contributed by atoms with van der Waals surface area (Å²) in [5, 5.41) is 7.45. The first-order chi connectivity index (χ1) is 17.7. The number of nitrogens with zero attached hydrogens (tertiary/aromatic N) is 2. The highest BCUT2D eigenvalue weighted by atomic mass is 32.1. The third-order valence-corrected chi connectivity index (χ3v) is 7.25. The summed E-state index contributed by atoms with van der Waals surface area (Å²) in [4.78, 5) is 46.1. The fourth-order valence-corrected chi connectivity index (χ4v) is 5.15. The van der Waals surface area contributed by atoms with Gasteiger partial charge in [0.05, 0.1) is 17.1 Å². The Labute approximate surface area is 221 Å². The zero-order chi connectivity index (χ0) is 26.5. The van der Waals surface area contributed by atoms with Crippen molar-refractivity contribution in [3.05, 3.63) is 81.5 Å². The Bertz CT molecular complexity index is 1340. The number of aliphatic imine (C=N–C) groups is 1. The van der Waals surface area contributed by atoms with Gasteiger partial charge in [-0.05, 0) is 73.4 Å². The molecule has 0 saturated carbocycles. The van der Waals surface area contributed by atoms with Crippen LogP contribution in [-0.2, 0) is 11.3 Å². The first kappa shape index (κ1) is 26.3. The summed E-state index contributed by atoms with van der Waals surface area (Å²) in [5.41, 5.74) is 4.77. The maximum Gasteiger partial charge on any atom is 0.321 e. The van der Waals surface area contributed by atoms with Gasteiger partial charge in [-0.2, -0.15) is 0 Å². The molecule has 192 valence electrons. The van der Waals surface area contributed by atoms with Crippen LogP contribution >= 0.6 is 11.3 Å². The largest absolute Gasteiger partial charge is 0.321 e. The third-order valence-electron chi connectivity index (χ3n) is 6.19. The summed E-state index contributed by atoms with van der Waals surface area (Å²) >= 11 is 1.36. The minimum Gasteiger partial charge on any atom is -0.308 e. The molecule has 1 aliphatic rings. The molecule has 1 aromatic heterocycles. The number of hydrogen-bond donors (Lipinski definition) is 2. The number of thiophene rings is 1. The van der Waals surface area contributed by atoms with Gasteiger partial charge < -0.3 is 15.5 Å². The van der Waals surface area contributed by atoms with Gasteiger partial charge in [0, 0.05) is 17.0 Å². The highest BCUT2D eigenvalue weighted by Gasteiger charge is 2.33. The molecule has 0 bridgehead atoms. The van der Waals surface area contributed by atoms with Crippen molar-refractivity contribution in [3.8, 4) is 0 Å². The van der Waals surface area contributed by atoms with Crippen LogP contribution in [0.5, 0.6) is 0 Å². The van der Waals surface area contributed by atoms with Crippen LogP contribution in [-0.4, -0.2) is 29.6 Å². The number of aryl methyl sites for hydroxylation is 1. The van der Waals surface area contributed by atoms with Crippen molar-refractivity contribution in [3.63, 3.8) is 0 Å². The van der Waals surface area contributed by atoms with E-state index in [1.165, 1.54) is 18.3 Å². The van der Waals surface area contributed by atoms with E-state index in [2.05, 4.69) is 24.5 Å². The van der Waals surface area contributed by atoms with Crippen LogP contribution in [0.1, 0.15) is 60.0 Å². The van der Waals surface area contributed by atoms with Crippen molar-refractivity contribution >= 4 is 46.1 Å². The molecule has 0 saturated heterocycles. The van der Waals surface area contributed by atoms with Crippen LogP contribution in [0.15, 0.2) is 65.0 Å². The molecule has 2 aromatic carbocycles. The van der Waals surface area contributed by atoms with Gasteiger partial charge in [-0.1, -0.05) is 44.2 Å². The number of carbonyl (C=O) groups excluding carboxylic acids is 3. The Balaban J connectivity index is 1.70. The zero-order valence-electron chi connectivity index (χ0n) is 21.6. The summed E-state index contributed by atoms with van der Waals surface area (Å²) in [6.07, 6.45) is 0.450. The molecule has 1 atom stereocenters. The number of nitrogens with one attached hydrogen (secondary N) is 2. The van der Waals surface area contributed by atoms with Crippen molar-refractivity contribution in [2.75, 3.05) is 10.2 Å². The highest BCUT2D eigenvalue weighted by Crippen LogP contribution is 2.31. The molecule has 4 rings (SSSR count). The molecule has 7 nitrogen and oxygen atoms in total. The van der Waals surface area contributed by atoms with Crippen LogP contribution in [0, 0.1) is 12.8 Å². The van der Waals surface area contributed by atoms with E-state index in [0.29, 0.717) is 22.9 Å². The monoisotopic (exact) mass is 516 g/mol. The van der Waals surface area contributed by atoms with E-state index in [0.717, 1.165) is 34.5 Å². The molecule has 1 unspecified atom stereocenters. The lowest BCUT2D eigenvalue weighted by Crippen LogP contribution is -2.48. The number of amides is 3. The topological polar surface area (TPSA) is 90.9 Å². The maximum absolute atomic E-state index is 13.9. The number of urea groups is 1. The van der Waals surface area contributed by atoms with Gasteiger partial charge in [-0.25, -0.2) is 4.79 Å². The lowest BCUT2D eigenvalue weighted by atomic mass is 9.99. The molecule has 3 aromatic rings. The van der Waals surface area contributed by atoms with E-state index in [9.17, 15) is 14.4 Å². The van der Waals surface area contributed by atoms with Crippen LogP contribution < -0.4 is 15.5 Å². The van der Waals surface area contributed by atoms with E-state index in [1.54, 1.807) is 11.0 Å². The molecule has 0 radical (unpaired) electrons. The van der Waals surface area contributed by atoms with Gasteiger partial charge in [0.15, 0.2) is 5.78 Å². The fourth-order valence-electron chi connectivity index (χ4n) is 4.34. The number of para-hydroxylation sites is 1. The minimum absolute atomic E-state index is 0.0402. The van der Waals surface area contributed by atoms with Crippen molar-refractivity contribution in [2.24, 2.45) is 10.9 Å². The molecule has 3 amide bonds. The molecule has 0 aliphatic carbocycles. The second kappa shape index (κ2) is 11.5. The first-order valence-corrected chi connectivity index (χ1v) is 13.3. The number of hydrogen-bond acceptors (Lipinski definition) is 5. The summed E-state index contributed by atoms with van der Waals surface area (Å²) in [6, 6.07) is 16.5. The van der Waals surface area contributed by atoms with Crippen LogP contribution in [0.25, 0.3) is 0 Å². The molecule has 2 heterocycles. The van der Waals surface area contributed by atoms with E-state index in [1.807, 2.05) is 60.8 Å². The number of carbonyl (C=O) groups is 3. The second-order valence-corrected chi connectivity index (χ2v) is 10.6. The van der Waals surface area contributed by atoms with Gasteiger partial charge in [0.1, 0.15) is 0 Å². The molecule has 37 heavy (non-hydrogen) atoms. The van der Waals surface area contributed by atoms with E-state index in [4.69, 9.17) is 4.99 Å². The van der Waals surface area contributed by atoms with Gasteiger partial charge in [-0.3, -0.25) is 14.6 Å². The van der Waals surface area contributed by atoms with Gasteiger partial charge >= 0.3 is 6.03 Å². The van der Waals surface area contributed by atoms with Crippen molar-refractivity contribution < 1.29 is 14.4 Å². The van der Waals surface area contributed by atoms with Crippen LogP contribution in [0.3, 0.4) is 0 Å². The number of ketones is 1. The molecular weight excluding hydrogens is 484 g/mol. The number of Topliss-reactive ketones (excluding diaryl/α,β-unsaturated/α-hetero) is 1. The average Bonchev–Trinajstić information content (AvgIpc) is 3.29. The average molecular weight is 517 g/mol. The van der Waals surface area contributed by atoms with Gasteiger partial charge in [-0.15, -0.1) is 11.3 Å². The van der Waals surface area contributed by atoms with Gasteiger partial charge in [0.25, 0.3) is 5.91 Å². The fraction of sp³-hybridized carbons (Fsp3) is 0.310. The van der Waals surface area contributed by atoms with E-state index in [-0.39, 0.29) is 18.2 Å². The number of rotatable bonds is 8. The third kappa shape index (κ3) is 6.32. The zero-order valence-corrected chi connectivity index (χ0v) is 22.4. The summed E-state index contributed by atoms with van der Waals surface area (Å²) < 4.78 is 0. The predicted octanol–water partition coefficient (Wildman–Crippen LogP) is 6.18. The molecule has 1 aliphatic heterocycles. The van der Waals surface area contributed by atoms with E-state index >= 15 is 0 Å².